The predicted octanol–water partition coefficient (Wildman–Crippen LogP) is 1.70. The molecule has 1 aliphatic heterocycles. The molecule has 3 nitrogen and oxygen atoms in total. The number of halogens is 2. The number of methoxy groups -OCH3 is 1. The molecule has 0 aliphatic carbocycles. The first-order valence-electron chi connectivity index (χ1n) is 5.17. The summed E-state index contributed by atoms with van der Waals surface area (Å²) < 4.78 is 36.1. The molecule has 0 aromatic heterocycles. The summed E-state index contributed by atoms with van der Waals surface area (Å²) in [5.41, 5.74) is -0.706. The van der Waals surface area contributed by atoms with Crippen molar-refractivity contribution < 1.29 is 23.0 Å². The van der Waals surface area contributed by atoms with Gasteiger partial charge in [0, 0.05) is 0 Å². The van der Waals surface area contributed by atoms with Crippen molar-refractivity contribution in [1.82, 2.24) is 0 Å². The highest BCUT2D eigenvalue weighted by atomic mass is 19.1. The monoisotopic (exact) mass is 242 g/mol. The molecule has 17 heavy (non-hydrogen) atoms. The fourth-order valence-electron chi connectivity index (χ4n) is 1.90. The summed E-state index contributed by atoms with van der Waals surface area (Å²) in [6, 6.07) is 3.19. The maximum absolute atomic E-state index is 13.5. The van der Waals surface area contributed by atoms with Gasteiger partial charge in [0.1, 0.15) is 17.0 Å². The summed E-state index contributed by atoms with van der Waals surface area (Å²) in [4.78, 5) is 11.6. The van der Waals surface area contributed by atoms with Gasteiger partial charge in [0.25, 0.3) is 0 Å². The van der Waals surface area contributed by atoms with Gasteiger partial charge in [-0.3, -0.25) is 4.79 Å². The minimum Gasteiger partial charge on any atom is -0.468 e. The van der Waals surface area contributed by atoms with Crippen molar-refractivity contribution in [2.75, 3.05) is 20.3 Å². The molecule has 0 bridgehead atoms. The van der Waals surface area contributed by atoms with Crippen LogP contribution in [0, 0.1) is 17.0 Å². The number of rotatable bonds is 3. The van der Waals surface area contributed by atoms with Crippen molar-refractivity contribution >= 4 is 5.97 Å². The second-order valence-electron chi connectivity index (χ2n) is 4.18. The van der Waals surface area contributed by atoms with Gasteiger partial charge in [-0.25, -0.2) is 8.78 Å². The lowest BCUT2D eigenvalue weighted by atomic mass is 9.79. The first kappa shape index (κ1) is 12.0. The lowest BCUT2D eigenvalue weighted by Gasteiger charge is -2.38. The molecule has 1 aromatic carbocycles. The standard InChI is InChI=1S/C12H12F2O3/c1-16-11(15)12(6-17-7-12)5-8-4-9(13)2-3-10(8)14/h2-4H,5-7H2,1H3. The zero-order valence-corrected chi connectivity index (χ0v) is 9.33. The topological polar surface area (TPSA) is 35.5 Å². The Balaban J connectivity index is 2.24. The number of esters is 1. The van der Waals surface area contributed by atoms with Crippen LogP contribution < -0.4 is 0 Å². The average Bonchev–Trinajstić information content (AvgIpc) is 2.27. The summed E-state index contributed by atoms with van der Waals surface area (Å²) in [5, 5.41) is 0. The Bertz CT molecular complexity index is 441. The van der Waals surface area contributed by atoms with Crippen molar-refractivity contribution in [3.05, 3.63) is 35.4 Å². The third kappa shape index (κ3) is 2.15. The van der Waals surface area contributed by atoms with Crippen LogP contribution in [0.3, 0.4) is 0 Å². The van der Waals surface area contributed by atoms with Gasteiger partial charge in [-0.2, -0.15) is 0 Å². The minimum atomic E-state index is -0.872. The van der Waals surface area contributed by atoms with Crippen molar-refractivity contribution in [2.45, 2.75) is 6.42 Å². The summed E-state index contributed by atoms with van der Waals surface area (Å²) in [5.74, 6) is -1.50. The summed E-state index contributed by atoms with van der Waals surface area (Å²) in [6.07, 6.45) is 0.0866. The van der Waals surface area contributed by atoms with Crippen LogP contribution in [-0.2, 0) is 20.7 Å². The van der Waals surface area contributed by atoms with Crippen LogP contribution in [0.25, 0.3) is 0 Å². The van der Waals surface area contributed by atoms with Crippen molar-refractivity contribution in [3.8, 4) is 0 Å². The van der Waals surface area contributed by atoms with E-state index in [0.29, 0.717) is 0 Å². The van der Waals surface area contributed by atoms with Crippen LogP contribution in [-0.4, -0.2) is 26.3 Å². The Hall–Kier alpha value is -1.49. The molecule has 92 valence electrons. The smallest absolute Gasteiger partial charge is 0.316 e. The molecule has 0 spiro atoms. The van der Waals surface area contributed by atoms with E-state index in [1.807, 2.05) is 0 Å². The van der Waals surface area contributed by atoms with Crippen LogP contribution >= 0.6 is 0 Å². The maximum atomic E-state index is 13.5. The minimum absolute atomic E-state index is 0.0866. The Morgan fingerprint density at radius 3 is 2.71 bits per heavy atom. The highest BCUT2D eigenvalue weighted by molar-refractivity contribution is 5.78. The molecule has 1 aromatic rings. The molecule has 5 heteroatoms. The zero-order chi connectivity index (χ0) is 12.5. The van der Waals surface area contributed by atoms with Crippen LogP contribution in [0.1, 0.15) is 5.56 Å². The molecule has 0 amide bonds. The van der Waals surface area contributed by atoms with E-state index in [-0.39, 0.29) is 25.2 Å². The number of ether oxygens (including phenoxy) is 2. The van der Waals surface area contributed by atoms with E-state index in [1.54, 1.807) is 0 Å². The molecule has 1 saturated heterocycles. The van der Waals surface area contributed by atoms with Gasteiger partial charge in [0.15, 0.2) is 0 Å². The molecule has 0 N–H and O–H groups in total. The van der Waals surface area contributed by atoms with Gasteiger partial charge in [0.05, 0.1) is 20.3 Å². The molecule has 0 radical (unpaired) electrons. The molecule has 2 rings (SSSR count). The summed E-state index contributed by atoms with van der Waals surface area (Å²) >= 11 is 0. The highest BCUT2D eigenvalue weighted by Gasteiger charge is 2.47. The van der Waals surface area contributed by atoms with E-state index in [2.05, 4.69) is 4.74 Å². The Labute approximate surface area is 97.3 Å². The van der Waals surface area contributed by atoms with Gasteiger partial charge >= 0.3 is 5.97 Å². The Kier molecular flexibility index (Phi) is 3.11. The fourth-order valence-corrected chi connectivity index (χ4v) is 1.90. The number of carbonyl (C=O) groups excluding carboxylic acids is 1. The van der Waals surface area contributed by atoms with E-state index in [9.17, 15) is 13.6 Å². The Morgan fingerprint density at radius 1 is 1.47 bits per heavy atom. The average molecular weight is 242 g/mol. The number of hydrogen-bond donors (Lipinski definition) is 0. The largest absolute Gasteiger partial charge is 0.468 e. The molecule has 0 unspecified atom stereocenters. The fraction of sp³-hybridized carbons (Fsp3) is 0.417. The van der Waals surface area contributed by atoms with Crippen molar-refractivity contribution in [2.24, 2.45) is 5.41 Å². The van der Waals surface area contributed by atoms with E-state index in [1.165, 1.54) is 7.11 Å². The molecule has 1 heterocycles. The van der Waals surface area contributed by atoms with E-state index in [4.69, 9.17) is 4.74 Å². The van der Waals surface area contributed by atoms with E-state index < -0.39 is 23.0 Å². The third-order valence-electron chi connectivity index (χ3n) is 2.91. The van der Waals surface area contributed by atoms with E-state index >= 15 is 0 Å². The summed E-state index contributed by atoms with van der Waals surface area (Å²) in [6.45, 7) is 0.352. The lowest BCUT2D eigenvalue weighted by Crippen LogP contribution is -2.51. The van der Waals surface area contributed by atoms with Crippen molar-refractivity contribution in [1.29, 1.82) is 0 Å². The second kappa shape index (κ2) is 4.41. The van der Waals surface area contributed by atoms with Crippen LogP contribution in [0.2, 0.25) is 0 Å². The van der Waals surface area contributed by atoms with Crippen molar-refractivity contribution in [3.63, 3.8) is 0 Å². The molecule has 0 saturated carbocycles. The Morgan fingerprint density at radius 2 is 2.18 bits per heavy atom. The van der Waals surface area contributed by atoms with Gasteiger partial charge in [-0.05, 0) is 30.2 Å². The quantitative estimate of drug-likeness (QED) is 0.757. The number of carbonyl (C=O) groups is 1. The highest BCUT2D eigenvalue weighted by Crippen LogP contribution is 2.34. The number of benzene rings is 1. The second-order valence-corrected chi connectivity index (χ2v) is 4.18. The normalized spacial score (nSPS) is 17.4. The predicted molar refractivity (Wildman–Crippen MR) is 55.3 cm³/mol. The number of hydrogen-bond acceptors (Lipinski definition) is 3. The molecule has 0 atom stereocenters. The first-order chi connectivity index (χ1) is 8.07. The van der Waals surface area contributed by atoms with Gasteiger partial charge in [-0.1, -0.05) is 0 Å². The first-order valence-corrected chi connectivity index (χ1v) is 5.17. The van der Waals surface area contributed by atoms with E-state index in [0.717, 1.165) is 18.2 Å². The zero-order valence-electron chi connectivity index (χ0n) is 9.33. The molecule has 1 aliphatic rings. The lowest BCUT2D eigenvalue weighted by molar-refractivity contribution is -0.183. The molecule has 1 fully saturated rings. The van der Waals surface area contributed by atoms with Crippen LogP contribution in [0.4, 0.5) is 8.78 Å². The summed E-state index contributed by atoms with van der Waals surface area (Å²) in [7, 11) is 1.27. The van der Waals surface area contributed by atoms with Crippen LogP contribution in [0.15, 0.2) is 18.2 Å². The third-order valence-corrected chi connectivity index (χ3v) is 2.91. The SMILES string of the molecule is COC(=O)C1(Cc2cc(F)ccc2F)COC1. The molecular weight excluding hydrogens is 230 g/mol. The van der Waals surface area contributed by atoms with Gasteiger partial charge in [0.2, 0.25) is 0 Å². The van der Waals surface area contributed by atoms with Crippen LogP contribution in [0.5, 0.6) is 0 Å². The van der Waals surface area contributed by atoms with Gasteiger partial charge < -0.3 is 9.47 Å². The maximum Gasteiger partial charge on any atom is 0.316 e. The molecular formula is C12H12F2O3. The van der Waals surface area contributed by atoms with Gasteiger partial charge in [-0.15, -0.1) is 0 Å².